The topological polar surface area (TPSA) is 113 Å². The van der Waals surface area contributed by atoms with Crippen LogP contribution in [0.4, 0.5) is 5.69 Å². The number of nitrogens with one attached hydrogen (secondary N) is 1. The van der Waals surface area contributed by atoms with Crippen LogP contribution in [0.1, 0.15) is 65.9 Å². The first-order valence-electron chi connectivity index (χ1n) is 12.3. The Kier molecular flexibility index (Phi) is 7.91. The van der Waals surface area contributed by atoms with E-state index >= 15 is 0 Å². The molecule has 0 spiro atoms. The predicted molar refractivity (Wildman–Crippen MR) is 134 cm³/mol. The Morgan fingerprint density at radius 2 is 1.82 bits per heavy atom. The lowest BCUT2D eigenvalue weighted by molar-refractivity contribution is 0.0845. The third kappa shape index (κ3) is 5.79. The van der Waals surface area contributed by atoms with Crippen molar-refractivity contribution in [3.63, 3.8) is 0 Å². The predicted octanol–water partition coefficient (Wildman–Crippen LogP) is 2.93. The van der Waals surface area contributed by atoms with E-state index in [2.05, 4.69) is 5.32 Å². The van der Waals surface area contributed by atoms with Crippen molar-refractivity contribution in [2.45, 2.75) is 63.0 Å². The quantitative estimate of drug-likeness (QED) is 0.532. The van der Waals surface area contributed by atoms with Crippen LogP contribution >= 0.6 is 0 Å². The first-order valence-corrected chi connectivity index (χ1v) is 13.9. The van der Waals surface area contributed by atoms with Gasteiger partial charge in [-0.25, -0.2) is 8.42 Å². The normalized spacial score (nSPS) is 20.1. The maximum atomic E-state index is 13.4. The minimum Gasteiger partial charge on any atom is -0.390 e. The SMILES string of the molecule is NC[C@@H](O)[C@H](Cc1ccccc1)NC(=O)c1cc(C2CCCC2)cc(N2CCCCS2(=O)=O)c1. The van der Waals surface area contributed by atoms with Crippen LogP contribution in [0.15, 0.2) is 48.5 Å². The average molecular weight is 486 g/mol. The van der Waals surface area contributed by atoms with E-state index in [1.54, 1.807) is 6.07 Å². The molecular weight excluding hydrogens is 450 g/mol. The van der Waals surface area contributed by atoms with Crippen molar-refractivity contribution in [3.8, 4) is 0 Å². The first-order chi connectivity index (χ1) is 16.4. The molecule has 184 valence electrons. The molecule has 4 rings (SSSR count). The van der Waals surface area contributed by atoms with Crippen molar-refractivity contribution in [3.05, 3.63) is 65.2 Å². The summed E-state index contributed by atoms with van der Waals surface area (Å²) in [6, 6.07) is 14.6. The molecule has 1 aliphatic heterocycles. The summed E-state index contributed by atoms with van der Waals surface area (Å²) < 4.78 is 27.0. The summed E-state index contributed by atoms with van der Waals surface area (Å²) in [4.78, 5) is 13.4. The maximum absolute atomic E-state index is 13.4. The van der Waals surface area contributed by atoms with Gasteiger partial charge in [-0.3, -0.25) is 9.10 Å². The number of sulfonamides is 1. The Bertz CT molecular complexity index is 1080. The minimum atomic E-state index is -3.40. The van der Waals surface area contributed by atoms with Crippen LogP contribution in [0.2, 0.25) is 0 Å². The van der Waals surface area contributed by atoms with Gasteiger partial charge in [-0.1, -0.05) is 43.2 Å². The molecule has 34 heavy (non-hydrogen) atoms. The molecule has 2 aromatic rings. The van der Waals surface area contributed by atoms with E-state index in [0.29, 0.717) is 36.6 Å². The van der Waals surface area contributed by atoms with Gasteiger partial charge in [-0.2, -0.15) is 0 Å². The fraction of sp³-hybridized carbons (Fsp3) is 0.500. The molecule has 0 radical (unpaired) electrons. The highest BCUT2D eigenvalue weighted by Gasteiger charge is 2.29. The monoisotopic (exact) mass is 485 g/mol. The minimum absolute atomic E-state index is 0.0250. The van der Waals surface area contributed by atoms with Gasteiger partial charge in [0, 0.05) is 18.7 Å². The van der Waals surface area contributed by atoms with Gasteiger partial charge < -0.3 is 16.2 Å². The van der Waals surface area contributed by atoms with Crippen molar-refractivity contribution in [2.24, 2.45) is 5.73 Å². The van der Waals surface area contributed by atoms with Crippen LogP contribution in [0.25, 0.3) is 0 Å². The van der Waals surface area contributed by atoms with Crippen LogP contribution in [-0.2, 0) is 16.4 Å². The second kappa shape index (κ2) is 10.9. The number of anilines is 1. The second-order valence-corrected chi connectivity index (χ2v) is 11.5. The van der Waals surface area contributed by atoms with Crippen LogP contribution in [0, 0.1) is 0 Å². The zero-order valence-corrected chi connectivity index (χ0v) is 20.3. The lowest BCUT2D eigenvalue weighted by atomic mass is 9.94. The number of hydrogen-bond acceptors (Lipinski definition) is 5. The molecule has 0 aromatic heterocycles. The summed E-state index contributed by atoms with van der Waals surface area (Å²) in [6.07, 6.45) is 5.37. The summed E-state index contributed by atoms with van der Waals surface area (Å²) >= 11 is 0. The number of carbonyl (C=O) groups is 1. The molecule has 0 bridgehead atoms. The summed E-state index contributed by atoms with van der Waals surface area (Å²) in [7, 11) is -3.40. The molecule has 8 heteroatoms. The van der Waals surface area contributed by atoms with Gasteiger partial charge in [0.2, 0.25) is 10.0 Å². The Hall–Kier alpha value is -2.42. The fourth-order valence-electron chi connectivity index (χ4n) is 5.05. The van der Waals surface area contributed by atoms with E-state index in [1.165, 1.54) is 4.31 Å². The molecule has 2 aromatic carbocycles. The molecule has 0 unspecified atom stereocenters. The molecule has 1 aliphatic carbocycles. The van der Waals surface area contributed by atoms with Crippen molar-refractivity contribution in [2.75, 3.05) is 23.1 Å². The molecule has 1 saturated carbocycles. The van der Waals surface area contributed by atoms with E-state index in [4.69, 9.17) is 5.73 Å². The molecule has 4 N–H and O–H groups in total. The van der Waals surface area contributed by atoms with Gasteiger partial charge in [-0.15, -0.1) is 0 Å². The Morgan fingerprint density at radius 3 is 2.50 bits per heavy atom. The highest BCUT2D eigenvalue weighted by molar-refractivity contribution is 7.92. The van der Waals surface area contributed by atoms with E-state index < -0.39 is 22.2 Å². The third-order valence-electron chi connectivity index (χ3n) is 6.99. The average Bonchev–Trinajstić information content (AvgIpc) is 3.38. The van der Waals surface area contributed by atoms with Crippen LogP contribution < -0.4 is 15.4 Å². The summed E-state index contributed by atoms with van der Waals surface area (Å²) in [5.41, 5.74) is 8.71. The smallest absolute Gasteiger partial charge is 0.251 e. The van der Waals surface area contributed by atoms with Crippen molar-refractivity contribution in [1.29, 1.82) is 0 Å². The molecular formula is C26H35N3O4S. The standard InChI is InChI=1S/C26H35N3O4S/c27-18-25(30)24(14-19-8-2-1-3-9-19)28-26(31)22-15-21(20-10-4-5-11-20)16-23(17-22)29-12-6-7-13-34(29,32)33/h1-3,8-9,15-17,20,24-25,30H,4-7,10-14,18,27H2,(H,28,31)/t24-,25+/m0/s1. The van der Waals surface area contributed by atoms with Gasteiger partial charge in [0.1, 0.15) is 0 Å². The van der Waals surface area contributed by atoms with Crippen molar-refractivity contribution >= 4 is 21.6 Å². The summed E-state index contributed by atoms with van der Waals surface area (Å²) in [5.74, 6) is 0.127. The maximum Gasteiger partial charge on any atom is 0.251 e. The van der Waals surface area contributed by atoms with Crippen LogP contribution in [-0.4, -0.2) is 50.4 Å². The Morgan fingerprint density at radius 1 is 1.09 bits per heavy atom. The Labute approximate surface area is 202 Å². The lowest BCUT2D eigenvalue weighted by Gasteiger charge is -2.30. The van der Waals surface area contributed by atoms with E-state index in [1.807, 2.05) is 42.5 Å². The van der Waals surface area contributed by atoms with Gasteiger partial charge in [0.15, 0.2) is 0 Å². The van der Waals surface area contributed by atoms with Crippen LogP contribution in [0.5, 0.6) is 0 Å². The van der Waals surface area contributed by atoms with E-state index in [9.17, 15) is 18.3 Å². The zero-order chi connectivity index (χ0) is 24.1. The number of nitrogens with two attached hydrogens (primary N) is 1. The molecule has 2 atom stereocenters. The van der Waals surface area contributed by atoms with Gasteiger partial charge in [-0.05, 0) is 67.3 Å². The number of benzene rings is 2. The van der Waals surface area contributed by atoms with E-state index in [-0.39, 0.29) is 18.2 Å². The highest BCUT2D eigenvalue weighted by Crippen LogP contribution is 2.37. The molecule has 1 saturated heterocycles. The highest BCUT2D eigenvalue weighted by atomic mass is 32.2. The van der Waals surface area contributed by atoms with Crippen molar-refractivity contribution < 1.29 is 18.3 Å². The number of hydrogen-bond donors (Lipinski definition) is 3. The second-order valence-electron chi connectivity index (χ2n) is 9.46. The van der Waals surface area contributed by atoms with Gasteiger partial charge in [0.05, 0.1) is 23.6 Å². The largest absolute Gasteiger partial charge is 0.390 e. The van der Waals surface area contributed by atoms with Gasteiger partial charge in [0.25, 0.3) is 5.91 Å². The number of aliphatic hydroxyl groups excluding tert-OH is 1. The van der Waals surface area contributed by atoms with Crippen molar-refractivity contribution in [1.82, 2.24) is 5.32 Å². The first kappa shape index (κ1) is 24.7. The summed E-state index contributed by atoms with van der Waals surface area (Å²) in [6.45, 7) is 0.456. The Balaban J connectivity index is 1.64. The lowest BCUT2D eigenvalue weighted by Crippen LogP contribution is -2.48. The number of nitrogens with zero attached hydrogens (tertiary/aromatic N) is 1. The van der Waals surface area contributed by atoms with Gasteiger partial charge >= 0.3 is 0 Å². The zero-order valence-electron chi connectivity index (χ0n) is 19.5. The summed E-state index contributed by atoms with van der Waals surface area (Å²) in [5, 5.41) is 13.5. The molecule has 7 nitrogen and oxygen atoms in total. The fourth-order valence-corrected chi connectivity index (χ4v) is 6.67. The molecule has 1 amide bonds. The molecule has 1 heterocycles. The number of aliphatic hydroxyl groups is 1. The third-order valence-corrected chi connectivity index (χ3v) is 8.86. The molecule has 2 aliphatic rings. The molecule has 2 fully saturated rings. The number of carbonyl (C=O) groups excluding carboxylic acids is 1. The number of rotatable bonds is 8. The number of amides is 1. The van der Waals surface area contributed by atoms with Crippen LogP contribution in [0.3, 0.4) is 0 Å². The van der Waals surface area contributed by atoms with E-state index in [0.717, 1.165) is 43.2 Å².